The molecule has 0 radical (unpaired) electrons. The van der Waals surface area contributed by atoms with Crippen LogP contribution < -0.4 is 4.90 Å². The van der Waals surface area contributed by atoms with Crippen molar-refractivity contribution < 1.29 is 5.11 Å². The number of aromatic nitrogens is 1. The van der Waals surface area contributed by atoms with Crippen molar-refractivity contribution in [2.24, 2.45) is 5.92 Å². The average Bonchev–Trinajstić information content (AvgIpc) is 2.64. The Morgan fingerprint density at radius 1 is 1.44 bits per heavy atom. The van der Waals surface area contributed by atoms with Crippen molar-refractivity contribution in [2.75, 3.05) is 18.0 Å². The molecular formula is C14H21ClN2O. The second kappa shape index (κ2) is 6.39. The Morgan fingerprint density at radius 2 is 2.28 bits per heavy atom. The van der Waals surface area contributed by atoms with Crippen molar-refractivity contribution in [1.82, 2.24) is 4.98 Å². The van der Waals surface area contributed by atoms with Gasteiger partial charge in [0.15, 0.2) is 0 Å². The maximum atomic E-state index is 9.25. The van der Waals surface area contributed by atoms with Crippen LogP contribution in [0.15, 0.2) is 12.3 Å². The van der Waals surface area contributed by atoms with E-state index in [1.165, 1.54) is 25.7 Å². The number of pyridine rings is 1. The molecule has 1 aromatic heterocycles. The summed E-state index contributed by atoms with van der Waals surface area (Å²) in [5.74, 6) is 1.79. The molecule has 100 valence electrons. The number of aliphatic hydroxyl groups excluding tert-OH is 1. The van der Waals surface area contributed by atoms with Crippen molar-refractivity contribution in [2.45, 2.75) is 39.2 Å². The zero-order valence-corrected chi connectivity index (χ0v) is 11.7. The normalized spacial score (nSPS) is 20.8. The Bertz CT molecular complexity index is 397. The summed E-state index contributed by atoms with van der Waals surface area (Å²) >= 11 is 5.97. The van der Waals surface area contributed by atoms with Crippen LogP contribution in [0.1, 0.15) is 38.2 Å². The van der Waals surface area contributed by atoms with Gasteiger partial charge >= 0.3 is 0 Å². The first kappa shape index (κ1) is 13.6. The largest absolute Gasteiger partial charge is 0.392 e. The predicted octanol–water partition coefficient (Wildman–Crippen LogP) is 3.24. The summed E-state index contributed by atoms with van der Waals surface area (Å²) in [5.41, 5.74) is 0.762. The molecule has 0 bridgehead atoms. The molecule has 0 saturated carbocycles. The Balaban J connectivity index is 2.11. The number of hydrogen-bond acceptors (Lipinski definition) is 3. The molecule has 1 aromatic rings. The Hall–Kier alpha value is -0.800. The van der Waals surface area contributed by atoms with Gasteiger partial charge < -0.3 is 10.0 Å². The Labute approximate surface area is 114 Å². The zero-order chi connectivity index (χ0) is 13.0. The van der Waals surface area contributed by atoms with E-state index < -0.39 is 0 Å². The van der Waals surface area contributed by atoms with Crippen molar-refractivity contribution in [3.05, 3.63) is 22.8 Å². The van der Waals surface area contributed by atoms with E-state index in [1.54, 1.807) is 6.20 Å². The lowest BCUT2D eigenvalue weighted by atomic mass is 9.98. The first-order valence-electron chi connectivity index (χ1n) is 6.74. The lowest BCUT2D eigenvalue weighted by Gasteiger charge is -2.22. The molecule has 1 fully saturated rings. The van der Waals surface area contributed by atoms with Gasteiger partial charge in [-0.25, -0.2) is 4.98 Å². The number of aliphatic hydroxyl groups is 1. The molecule has 0 spiro atoms. The molecule has 1 saturated heterocycles. The third-order valence-corrected chi connectivity index (χ3v) is 4.18. The van der Waals surface area contributed by atoms with Gasteiger partial charge in [-0.15, -0.1) is 0 Å². The van der Waals surface area contributed by atoms with Crippen molar-refractivity contribution in [3.63, 3.8) is 0 Å². The van der Waals surface area contributed by atoms with Gasteiger partial charge in [0, 0.05) is 24.8 Å². The Kier molecular flexibility index (Phi) is 4.84. The minimum Gasteiger partial charge on any atom is -0.392 e. The molecule has 1 N–H and O–H groups in total. The summed E-state index contributed by atoms with van der Waals surface area (Å²) in [5, 5.41) is 9.79. The molecule has 1 unspecified atom stereocenters. The molecule has 2 heterocycles. The van der Waals surface area contributed by atoms with Crippen molar-refractivity contribution in [1.29, 1.82) is 0 Å². The van der Waals surface area contributed by atoms with Crippen LogP contribution in [-0.4, -0.2) is 23.2 Å². The molecule has 0 aliphatic carbocycles. The van der Waals surface area contributed by atoms with Gasteiger partial charge in [-0.1, -0.05) is 24.9 Å². The van der Waals surface area contributed by atoms with E-state index in [4.69, 9.17) is 11.6 Å². The SMILES string of the molecule is CCC1CCCN(c2cc(CO)c(Cl)cn2)CC1. The highest BCUT2D eigenvalue weighted by Gasteiger charge is 2.17. The highest BCUT2D eigenvalue weighted by molar-refractivity contribution is 6.31. The van der Waals surface area contributed by atoms with E-state index in [0.29, 0.717) is 5.02 Å². The minimum atomic E-state index is -0.0280. The molecule has 1 aliphatic rings. The van der Waals surface area contributed by atoms with Gasteiger partial charge in [0.25, 0.3) is 0 Å². The van der Waals surface area contributed by atoms with Crippen LogP contribution in [0.25, 0.3) is 0 Å². The lowest BCUT2D eigenvalue weighted by molar-refractivity contribution is 0.282. The van der Waals surface area contributed by atoms with Crippen LogP contribution >= 0.6 is 11.6 Å². The highest BCUT2D eigenvalue weighted by Crippen LogP contribution is 2.25. The second-order valence-electron chi connectivity index (χ2n) is 4.98. The summed E-state index contributed by atoms with van der Waals surface area (Å²) in [6.45, 7) is 4.35. The fourth-order valence-electron chi connectivity index (χ4n) is 2.56. The molecule has 18 heavy (non-hydrogen) atoms. The number of halogens is 1. The number of hydrogen-bond donors (Lipinski definition) is 1. The van der Waals surface area contributed by atoms with Gasteiger partial charge in [-0.2, -0.15) is 0 Å². The highest BCUT2D eigenvalue weighted by atomic mass is 35.5. The standard InChI is InChI=1S/C14H21ClN2O/c1-2-11-4-3-6-17(7-5-11)14-8-12(10-18)13(15)9-16-14/h8-9,11,18H,2-7,10H2,1H3. The smallest absolute Gasteiger partial charge is 0.128 e. The molecule has 0 amide bonds. The minimum absolute atomic E-state index is 0.0280. The van der Waals surface area contributed by atoms with Gasteiger partial charge in [0.05, 0.1) is 11.6 Å². The van der Waals surface area contributed by atoms with E-state index in [-0.39, 0.29) is 6.61 Å². The van der Waals surface area contributed by atoms with Crippen molar-refractivity contribution >= 4 is 17.4 Å². The van der Waals surface area contributed by atoms with Gasteiger partial charge in [0.1, 0.15) is 5.82 Å². The van der Waals surface area contributed by atoms with E-state index in [1.807, 2.05) is 6.07 Å². The maximum absolute atomic E-state index is 9.25. The average molecular weight is 269 g/mol. The number of nitrogens with zero attached hydrogens (tertiary/aromatic N) is 2. The van der Waals surface area contributed by atoms with E-state index in [0.717, 1.165) is 30.4 Å². The monoisotopic (exact) mass is 268 g/mol. The zero-order valence-electron chi connectivity index (χ0n) is 10.9. The fraction of sp³-hybridized carbons (Fsp3) is 0.643. The van der Waals surface area contributed by atoms with Gasteiger partial charge in [0.2, 0.25) is 0 Å². The van der Waals surface area contributed by atoms with Crippen LogP contribution in [-0.2, 0) is 6.61 Å². The second-order valence-corrected chi connectivity index (χ2v) is 5.39. The number of rotatable bonds is 3. The molecular weight excluding hydrogens is 248 g/mol. The molecule has 1 aliphatic heterocycles. The fourth-order valence-corrected chi connectivity index (χ4v) is 2.73. The third-order valence-electron chi connectivity index (χ3n) is 3.84. The van der Waals surface area contributed by atoms with Crippen LogP contribution in [0.3, 0.4) is 0 Å². The van der Waals surface area contributed by atoms with Crippen LogP contribution in [0, 0.1) is 5.92 Å². The molecule has 1 atom stereocenters. The van der Waals surface area contributed by atoms with E-state index in [9.17, 15) is 5.11 Å². The molecule has 3 nitrogen and oxygen atoms in total. The van der Waals surface area contributed by atoms with Gasteiger partial charge in [-0.3, -0.25) is 0 Å². The summed E-state index contributed by atoms with van der Waals surface area (Å²) in [7, 11) is 0. The van der Waals surface area contributed by atoms with Crippen LogP contribution in [0.4, 0.5) is 5.82 Å². The number of anilines is 1. The predicted molar refractivity (Wildman–Crippen MR) is 75.0 cm³/mol. The summed E-state index contributed by atoms with van der Waals surface area (Å²) in [4.78, 5) is 6.70. The Morgan fingerprint density at radius 3 is 3.00 bits per heavy atom. The third kappa shape index (κ3) is 3.15. The van der Waals surface area contributed by atoms with Crippen LogP contribution in [0.5, 0.6) is 0 Å². The van der Waals surface area contributed by atoms with Crippen LogP contribution in [0.2, 0.25) is 5.02 Å². The van der Waals surface area contributed by atoms with Gasteiger partial charge in [-0.05, 0) is 31.2 Å². The van der Waals surface area contributed by atoms with E-state index >= 15 is 0 Å². The van der Waals surface area contributed by atoms with Crippen molar-refractivity contribution in [3.8, 4) is 0 Å². The summed E-state index contributed by atoms with van der Waals surface area (Å²) in [6, 6.07) is 1.91. The maximum Gasteiger partial charge on any atom is 0.128 e. The topological polar surface area (TPSA) is 36.4 Å². The molecule has 0 aromatic carbocycles. The quantitative estimate of drug-likeness (QED) is 0.914. The molecule has 4 heteroatoms. The van der Waals surface area contributed by atoms with E-state index in [2.05, 4.69) is 16.8 Å². The summed E-state index contributed by atoms with van der Waals surface area (Å²) in [6.07, 6.45) is 6.67. The molecule has 2 rings (SSSR count). The summed E-state index contributed by atoms with van der Waals surface area (Å²) < 4.78 is 0. The first-order chi connectivity index (χ1) is 8.74. The lowest BCUT2D eigenvalue weighted by Crippen LogP contribution is -2.25. The first-order valence-corrected chi connectivity index (χ1v) is 7.12.